The lowest BCUT2D eigenvalue weighted by Crippen LogP contribution is -2.34. The molecule has 1 fully saturated rings. The van der Waals surface area contributed by atoms with E-state index in [0.29, 0.717) is 0 Å². The Kier molecular flexibility index (Phi) is 4.74. The van der Waals surface area contributed by atoms with Crippen molar-refractivity contribution in [3.05, 3.63) is 34.4 Å². The molecule has 1 saturated heterocycles. The van der Waals surface area contributed by atoms with Gasteiger partial charge < -0.3 is 10.2 Å². The van der Waals surface area contributed by atoms with Crippen LogP contribution in [-0.4, -0.2) is 31.6 Å². The second-order valence-corrected chi connectivity index (χ2v) is 5.10. The number of hydrogen-bond donors (Lipinski definition) is 1. The van der Waals surface area contributed by atoms with Gasteiger partial charge in [-0.2, -0.15) is 0 Å². The summed E-state index contributed by atoms with van der Waals surface area (Å²) in [6.45, 7) is 3.18. The summed E-state index contributed by atoms with van der Waals surface area (Å²) in [4.78, 5) is 12.6. The van der Waals surface area contributed by atoms with Crippen LogP contribution in [0.2, 0.25) is 0 Å². The summed E-state index contributed by atoms with van der Waals surface area (Å²) in [5.74, 6) is 0.807. The fraction of sp³-hybridized carbons (Fsp3) is 0.571. The topological polar surface area (TPSA) is 58.4 Å². The van der Waals surface area contributed by atoms with Crippen LogP contribution in [0.5, 0.6) is 0 Å². The smallest absolute Gasteiger partial charge is 0.269 e. The highest BCUT2D eigenvalue weighted by molar-refractivity contribution is 5.51. The van der Waals surface area contributed by atoms with Crippen LogP contribution in [0.15, 0.2) is 24.3 Å². The fourth-order valence-corrected chi connectivity index (χ4v) is 2.61. The van der Waals surface area contributed by atoms with Crippen LogP contribution in [0.1, 0.15) is 19.3 Å². The molecule has 1 aliphatic rings. The number of anilines is 1. The molecule has 0 unspecified atom stereocenters. The zero-order valence-corrected chi connectivity index (χ0v) is 11.3. The highest BCUT2D eigenvalue weighted by Gasteiger charge is 2.19. The molecule has 0 bridgehead atoms. The molecule has 0 saturated carbocycles. The average Bonchev–Trinajstić information content (AvgIpc) is 2.46. The molecule has 0 atom stereocenters. The van der Waals surface area contributed by atoms with Gasteiger partial charge in [0.1, 0.15) is 0 Å². The van der Waals surface area contributed by atoms with Crippen molar-refractivity contribution in [3.63, 3.8) is 0 Å². The molecule has 1 aliphatic heterocycles. The fourth-order valence-electron chi connectivity index (χ4n) is 2.61. The van der Waals surface area contributed by atoms with E-state index in [4.69, 9.17) is 0 Å². The highest BCUT2D eigenvalue weighted by atomic mass is 16.6. The Bertz CT molecular complexity index is 411. The van der Waals surface area contributed by atoms with Crippen LogP contribution in [0, 0.1) is 16.0 Å². The third-order valence-corrected chi connectivity index (χ3v) is 3.84. The Hall–Kier alpha value is -1.62. The first-order chi connectivity index (χ1) is 9.20. The van der Waals surface area contributed by atoms with Crippen molar-refractivity contribution in [2.45, 2.75) is 19.3 Å². The van der Waals surface area contributed by atoms with Gasteiger partial charge in [0.15, 0.2) is 0 Å². The van der Waals surface area contributed by atoms with Crippen LogP contribution in [-0.2, 0) is 0 Å². The largest absolute Gasteiger partial charge is 0.372 e. The molecule has 5 nitrogen and oxygen atoms in total. The number of nitrogens with one attached hydrogen (secondary N) is 1. The van der Waals surface area contributed by atoms with Crippen molar-refractivity contribution in [1.29, 1.82) is 0 Å². The Morgan fingerprint density at radius 1 is 1.32 bits per heavy atom. The minimum Gasteiger partial charge on any atom is -0.372 e. The quantitative estimate of drug-likeness (QED) is 0.654. The van der Waals surface area contributed by atoms with Crippen molar-refractivity contribution in [2.24, 2.45) is 5.92 Å². The molecule has 0 spiro atoms. The Morgan fingerprint density at radius 2 is 1.95 bits per heavy atom. The monoisotopic (exact) mass is 263 g/mol. The molecule has 0 aliphatic carbocycles. The van der Waals surface area contributed by atoms with E-state index in [1.807, 2.05) is 19.2 Å². The summed E-state index contributed by atoms with van der Waals surface area (Å²) in [5, 5.41) is 13.8. The van der Waals surface area contributed by atoms with Gasteiger partial charge in [-0.25, -0.2) is 0 Å². The number of hydrogen-bond acceptors (Lipinski definition) is 4. The van der Waals surface area contributed by atoms with Crippen LogP contribution in [0.25, 0.3) is 0 Å². The third-order valence-electron chi connectivity index (χ3n) is 3.84. The molecule has 104 valence electrons. The average molecular weight is 263 g/mol. The second kappa shape index (κ2) is 6.52. The van der Waals surface area contributed by atoms with Gasteiger partial charge in [0, 0.05) is 30.9 Å². The maximum absolute atomic E-state index is 10.6. The molecule has 0 amide bonds. The molecule has 1 aromatic rings. The van der Waals surface area contributed by atoms with Crippen molar-refractivity contribution in [1.82, 2.24) is 5.32 Å². The summed E-state index contributed by atoms with van der Waals surface area (Å²) in [5.41, 5.74) is 1.25. The molecule has 0 radical (unpaired) electrons. The Balaban J connectivity index is 1.88. The van der Waals surface area contributed by atoms with E-state index in [9.17, 15) is 10.1 Å². The molecule has 5 heteroatoms. The lowest BCUT2D eigenvalue weighted by Gasteiger charge is -2.33. The van der Waals surface area contributed by atoms with Gasteiger partial charge in [-0.1, -0.05) is 0 Å². The van der Waals surface area contributed by atoms with Gasteiger partial charge in [-0.15, -0.1) is 0 Å². The van der Waals surface area contributed by atoms with Crippen LogP contribution < -0.4 is 10.2 Å². The molecule has 0 aromatic heterocycles. The van der Waals surface area contributed by atoms with Gasteiger partial charge in [0.05, 0.1) is 4.92 Å². The van der Waals surface area contributed by atoms with Crippen molar-refractivity contribution in [2.75, 3.05) is 31.6 Å². The second-order valence-electron chi connectivity index (χ2n) is 5.10. The Morgan fingerprint density at radius 3 is 2.47 bits per heavy atom. The lowest BCUT2D eigenvalue weighted by molar-refractivity contribution is -0.384. The number of nitro groups is 1. The van der Waals surface area contributed by atoms with Crippen molar-refractivity contribution < 1.29 is 4.92 Å². The van der Waals surface area contributed by atoms with E-state index in [2.05, 4.69) is 10.2 Å². The molecule has 2 rings (SSSR count). The minimum absolute atomic E-state index is 0.160. The minimum atomic E-state index is -0.353. The van der Waals surface area contributed by atoms with Crippen LogP contribution in [0.3, 0.4) is 0 Å². The number of non-ortho nitro benzene ring substituents is 1. The van der Waals surface area contributed by atoms with E-state index in [0.717, 1.165) is 31.2 Å². The predicted molar refractivity (Wildman–Crippen MR) is 76.6 cm³/mol. The number of nitro benzene ring substituents is 1. The first-order valence-electron chi connectivity index (χ1n) is 6.84. The molecular formula is C14H21N3O2. The van der Waals surface area contributed by atoms with Gasteiger partial charge in [0.2, 0.25) is 0 Å². The maximum Gasteiger partial charge on any atom is 0.269 e. The molecule has 1 aromatic carbocycles. The third kappa shape index (κ3) is 3.67. The van der Waals surface area contributed by atoms with Crippen molar-refractivity contribution >= 4 is 11.4 Å². The SMILES string of the molecule is CNCCC1CCN(c2ccc([N+](=O)[O-])cc2)CC1. The Labute approximate surface area is 113 Å². The summed E-state index contributed by atoms with van der Waals surface area (Å²) in [6.07, 6.45) is 3.65. The highest BCUT2D eigenvalue weighted by Crippen LogP contribution is 2.26. The van der Waals surface area contributed by atoms with E-state index in [1.165, 1.54) is 19.3 Å². The molecule has 1 N–H and O–H groups in total. The lowest BCUT2D eigenvalue weighted by atomic mass is 9.93. The first kappa shape index (κ1) is 13.8. The number of rotatable bonds is 5. The summed E-state index contributed by atoms with van der Waals surface area (Å²) >= 11 is 0. The van der Waals surface area contributed by atoms with E-state index >= 15 is 0 Å². The van der Waals surface area contributed by atoms with E-state index < -0.39 is 0 Å². The standard InChI is InChI=1S/C14H21N3O2/c1-15-9-6-12-7-10-16(11-8-12)13-2-4-14(5-3-13)17(18)19/h2-5,12,15H,6-11H2,1H3. The van der Waals surface area contributed by atoms with E-state index in [-0.39, 0.29) is 10.6 Å². The zero-order valence-electron chi connectivity index (χ0n) is 11.3. The summed E-state index contributed by atoms with van der Waals surface area (Å²) < 4.78 is 0. The van der Waals surface area contributed by atoms with E-state index in [1.54, 1.807) is 12.1 Å². The number of benzene rings is 1. The number of nitrogens with zero attached hydrogens (tertiary/aromatic N) is 2. The molecular weight excluding hydrogens is 242 g/mol. The predicted octanol–water partition coefficient (Wildman–Crippen LogP) is 2.42. The van der Waals surface area contributed by atoms with Gasteiger partial charge >= 0.3 is 0 Å². The number of piperidine rings is 1. The van der Waals surface area contributed by atoms with Crippen LogP contribution >= 0.6 is 0 Å². The normalized spacial score (nSPS) is 16.6. The van der Waals surface area contributed by atoms with Crippen LogP contribution in [0.4, 0.5) is 11.4 Å². The van der Waals surface area contributed by atoms with Gasteiger partial charge in [-0.3, -0.25) is 10.1 Å². The zero-order chi connectivity index (χ0) is 13.7. The van der Waals surface area contributed by atoms with Gasteiger partial charge in [0.25, 0.3) is 5.69 Å². The maximum atomic E-state index is 10.6. The molecule has 1 heterocycles. The summed E-state index contributed by atoms with van der Waals surface area (Å²) in [6, 6.07) is 6.88. The first-order valence-corrected chi connectivity index (χ1v) is 6.84. The molecule has 19 heavy (non-hydrogen) atoms. The van der Waals surface area contributed by atoms with Gasteiger partial charge in [-0.05, 0) is 50.9 Å². The van der Waals surface area contributed by atoms with Crippen molar-refractivity contribution in [3.8, 4) is 0 Å². The summed E-state index contributed by atoms with van der Waals surface area (Å²) in [7, 11) is 1.99.